The average molecular weight is 279 g/mol. The summed E-state index contributed by atoms with van der Waals surface area (Å²) in [5.41, 5.74) is -0.854. The smallest absolute Gasteiger partial charge is 0.352 e. The van der Waals surface area contributed by atoms with E-state index in [4.69, 9.17) is 11.6 Å². The Hall–Kier alpha value is -0.970. The van der Waals surface area contributed by atoms with Crippen molar-refractivity contribution < 1.29 is 13.2 Å². The van der Waals surface area contributed by atoms with E-state index in [0.717, 1.165) is 12.5 Å². The van der Waals surface area contributed by atoms with E-state index in [-0.39, 0.29) is 6.04 Å². The van der Waals surface area contributed by atoms with Crippen LogP contribution < -0.4 is 4.90 Å². The lowest BCUT2D eigenvalue weighted by Gasteiger charge is -2.26. The maximum absolute atomic E-state index is 12.6. The third-order valence-electron chi connectivity index (χ3n) is 3.36. The minimum atomic E-state index is -4.40. The van der Waals surface area contributed by atoms with Crippen molar-refractivity contribution in [1.29, 1.82) is 0 Å². The summed E-state index contributed by atoms with van der Waals surface area (Å²) in [5.74, 6) is 1.14. The fourth-order valence-corrected chi connectivity index (χ4v) is 2.74. The van der Waals surface area contributed by atoms with Gasteiger partial charge in [-0.2, -0.15) is 13.2 Å². The van der Waals surface area contributed by atoms with Crippen LogP contribution in [-0.4, -0.2) is 23.5 Å². The Kier molecular flexibility index (Phi) is 3.71. The van der Waals surface area contributed by atoms with Crippen LogP contribution in [0.1, 0.15) is 19.0 Å². The molecule has 1 aliphatic rings. The highest BCUT2D eigenvalue weighted by molar-refractivity contribution is 6.18. The van der Waals surface area contributed by atoms with Gasteiger partial charge < -0.3 is 4.90 Å². The molecule has 1 aromatic rings. The topological polar surface area (TPSA) is 16.1 Å². The third kappa shape index (κ3) is 2.55. The van der Waals surface area contributed by atoms with Crippen LogP contribution in [-0.2, 0) is 6.18 Å². The van der Waals surface area contributed by atoms with Gasteiger partial charge in [0.1, 0.15) is 11.5 Å². The summed E-state index contributed by atoms with van der Waals surface area (Å²) in [6.07, 6.45) is -3.48. The van der Waals surface area contributed by atoms with E-state index < -0.39 is 11.9 Å². The van der Waals surface area contributed by atoms with E-state index in [9.17, 15) is 13.2 Å². The van der Waals surface area contributed by atoms with Gasteiger partial charge in [-0.1, -0.05) is 13.0 Å². The molecule has 0 saturated carbocycles. The molecule has 100 valence electrons. The van der Waals surface area contributed by atoms with Crippen molar-refractivity contribution in [2.24, 2.45) is 5.92 Å². The Morgan fingerprint density at radius 1 is 1.44 bits per heavy atom. The van der Waals surface area contributed by atoms with Gasteiger partial charge >= 0.3 is 6.18 Å². The molecule has 0 bridgehead atoms. The summed E-state index contributed by atoms with van der Waals surface area (Å²) in [5, 5.41) is 0. The first-order valence-corrected chi connectivity index (χ1v) is 6.34. The Bertz CT molecular complexity index is 422. The van der Waals surface area contributed by atoms with Crippen LogP contribution in [0, 0.1) is 5.92 Å². The minimum absolute atomic E-state index is 0.0580. The molecule has 2 nitrogen and oxygen atoms in total. The number of alkyl halides is 4. The summed E-state index contributed by atoms with van der Waals surface area (Å²) in [6.45, 7) is 2.76. The molecule has 0 N–H and O–H groups in total. The monoisotopic (exact) mass is 278 g/mol. The van der Waals surface area contributed by atoms with Gasteiger partial charge in [-0.05, 0) is 24.5 Å². The van der Waals surface area contributed by atoms with Crippen molar-refractivity contribution in [2.75, 3.05) is 17.3 Å². The number of nitrogens with zero attached hydrogens (tertiary/aromatic N) is 2. The molecule has 1 aromatic heterocycles. The first kappa shape index (κ1) is 13.5. The standard InChI is InChI=1S/C12H14ClF3N2/c1-8-5-6-18(9(8)7-13)11-4-2-3-10(17-11)12(14,15)16/h2-4,8-9H,5-7H2,1H3. The van der Waals surface area contributed by atoms with Crippen molar-refractivity contribution in [3.05, 3.63) is 23.9 Å². The van der Waals surface area contributed by atoms with Crippen molar-refractivity contribution >= 4 is 17.4 Å². The number of rotatable bonds is 2. The highest BCUT2D eigenvalue weighted by Gasteiger charge is 2.35. The van der Waals surface area contributed by atoms with Crippen LogP contribution in [0.4, 0.5) is 19.0 Å². The number of anilines is 1. The van der Waals surface area contributed by atoms with Gasteiger partial charge in [0, 0.05) is 18.5 Å². The van der Waals surface area contributed by atoms with Gasteiger partial charge in [0.15, 0.2) is 0 Å². The fraction of sp³-hybridized carbons (Fsp3) is 0.583. The molecule has 2 unspecified atom stereocenters. The second kappa shape index (κ2) is 4.96. The molecule has 18 heavy (non-hydrogen) atoms. The Morgan fingerprint density at radius 2 is 2.17 bits per heavy atom. The number of hydrogen-bond acceptors (Lipinski definition) is 2. The lowest BCUT2D eigenvalue weighted by molar-refractivity contribution is -0.141. The number of halogens is 4. The predicted molar refractivity (Wildman–Crippen MR) is 64.9 cm³/mol. The molecule has 1 saturated heterocycles. The Morgan fingerprint density at radius 3 is 2.78 bits per heavy atom. The van der Waals surface area contributed by atoms with Crippen LogP contribution in [0.3, 0.4) is 0 Å². The Balaban J connectivity index is 2.29. The van der Waals surface area contributed by atoms with E-state index in [2.05, 4.69) is 11.9 Å². The first-order chi connectivity index (χ1) is 8.43. The number of hydrogen-bond donors (Lipinski definition) is 0. The van der Waals surface area contributed by atoms with Gasteiger partial charge in [-0.15, -0.1) is 11.6 Å². The summed E-state index contributed by atoms with van der Waals surface area (Å²) in [4.78, 5) is 5.57. The van der Waals surface area contributed by atoms with Crippen molar-refractivity contribution in [3.63, 3.8) is 0 Å². The lowest BCUT2D eigenvalue weighted by Crippen LogP contribution is -2.34. The SMILES string of the molecule is CC1CCN(c2cccc(C(F)(F)F)n2)C1CCl. The molecule has 1 aliphatic heterocycles. The van der Waals surface area contributed by atoms with Crippen LogP contribution in [0.25, 0.3) is 0 Å². The molecule has 1 fully saturated rings. The molecular weight excluding hydrogens is 265 g/mol. The van der Waals surface area contributed by atoms with E-state index in [1.54, 1.807) is 6.07 Å². The molecule has 0 spiro atoms. The Labute approximate surface area is 109 Å². The van der Waals surface area contributed by atoms with Gasteiger partial charge in [-0.25, -0.2) is 4.98 Å². The van der Waals surface area contributed by atoms with E-state index in [1.165, 1.54) is 6.07 Å². The summed E-state index contributed by atoms with van der Waals surface area (Å²) in [7, 11) is 0. The number of aromatic nitrogens is 1. The van der Waals surface area contributed by atoms with Crippen LogP contribution in [0.2, 0.25) is 0 Å². The molecule has 6 heteroatoms. The summed E-state index contributed by atoms with van der Waals surface area (Å²) >= 11 is 5.89. The van der Waals surface area contributed by atoms with Gasteiger partial charge in [0.25, 0.3) is 0 Å². The summed E-state index contributed by atoms with van der Waals surface area (Å²) in [6, 6.07) is 4.04. The molecule has 2 rings (SSSR count). The van der Waals surface area contributed by atoms with Gasteiger partial charge in [0.2, 0.25) is 0 Å². The molecule has 2 atom stereocenters. The fourth-order valence-electron chi connectivity index (χ4n) is 2.27. The normalized spacial score (nSPS) is 24.6. The first-order valence-electron chi connectivity index (χ1n) is 5.80. The molecule has 0 amide bonds. The molecule has 0 aromatic carbocycles. The second-order valence-corrected chi connectivity index (χ2v) is 4.87. The van der Waals surface area contributed by atoms with Crippen LogP contribution in [0.5, 0.6) is 0 Å². The minimum Gasteiger partial charge on any atom is -0.352 e. The zero-order valence-corrected chi connectivity index (χ0v) is 10.7. The quantitative estimate of drug-likeness (QED) is 0.769. The zero-order valence-electron chi connectivity index (χ0n) is 9.91. The number of pyridine rings is 1. The molecule has 0 radical (unpaired) electrons. The van der Waals surface area contributed by atoms with Crippen molar-refractivity contribution in [2.45, 2.75) is 25.6 Å². The van der Waals surface area contributed by atoms with E-state index in [0.29, 0.717) is 24.2 Å². The molecule has 2 heterocycles. The van der Waals surface area contributed by atoms with Gasteiger partial charge in [-0.3, -0.25) is 0 Å². The van der Waals surface area contributed by atoms with Crippen molar-refractivity contribution in [1.82, 2.24) is 4.98 Å². The van der Waals surface area contributed by atoms with Crippen LogP contribution >= 0.6 is 11.6 Å². The van der Waals surface area contributed by atoms with Crippen LogP contribution in [0.15, 0.2) is 18.2 Å². The molecular formula is C12H14ClF3N2. The van der Waals surface area contributed by atoms with Crippen molar-refractivity contribution in [3.8, 4) is 0 Å². The van der Waals surface area contributed by atoms with E-state index >= 15 is 0 Å². The predicted octanol–water partition coefficient (Wildman–Crippen LogP) is 3.55. The average Bonchev–Trinajstić information content (AvgIpc) is 2.69. The largest absolute Gasteiger partial charge is 0.433 e. The van der Waals surface area contributed by atoms with E-state index in [1.807, 2.05) is 4.90 Å². The molecule has 0 aliphatic carbocycles. The lowest BCUT2D eigenvalue weighted by atomic mass is 10.1. The maximum atomic E-state index is 12.6. The zero-order chi connectivity index (χ0) is 13.3. The maximum Gasteiger partial charge on any atom is 0.433 e. The highest BCUT2D eigenvalue weighted by Crippen LogP contribution is 2.32. The summed E-state index contributed by atoms with van der Waals surface area (Å²) < 4.78 is 37.8. The van der Waals surface area contributed by atoms with Gasteiger partial charge in [0.05, 0.1) is 0 Å². The second-order valence-electron chi connectivity index (χ2n) is 4.56. The third-order valence-corrected chi connectivity index (χ3v) is 3.68. The highest BCUT2D eigenvalue weighted by atomic mass is 35.5.